The Hall–Kier alpha value is -0.150. The van der Waals surface area contributed by atoms with Gasteiger partial charge in [-0.05, 0) is 6.42 Å². The van der Waals surface area contributed by atoms with Crippen molar-refractivity contribution < 1.29 is 62.0 Å². The van der Waals surface area contributed by atoms with Crippen LogP contribution in [0.2, 0.25) is 0 Å². The minimum absolute atomic E-state index is 0. The van der Waals surface area contributed by atoms with Crippen LogP contribution in [-0.2, 0) is 24.4 Å². The van der Waals surface area contributed by atoms with Crippen LogP contribution in [0, 0.1) is 0 Å². The topological polar surface area (TPSA) is 121 Å². The van der Waals surface area contributed by atoms with E-state index < -0.39 is 33.7 Å². The SMILES string of the molecule is CCCCCCCCCCOC(=O)CC(C(=O)O)S(=O)(=O)[O-].[Na+]. The molecule has 7 nitrogen and oxygen atoms in total. The quantitative estimate of drug-likeness (QED) is 0.195. The second kappa shape index (κ2) is 14.2. The van der Waals surface area contributed by atoms with Crippen LogP contribution in [0.4, 0.5) is 0 Å². The van der Waals surface area contributed by atoms with Gasteiger partial charge >= 0.3 is 41.5 Å². The van der Waals surface area contributed by atoms with Crippen molar-refractivity contribution in [2.45, 2.75) is 70.0 Å². The summed E-state index contributed by atoms with van der Waals surface area (Å²) in [6.45, 7) is 2.26. The van der Waals surface area contributed by atoms with Crippen LogP contribution in [0.3, 0.4) is 0 Å². The number of carboxylic acids is 1. The van der Waals surface area contributed by atoms with Gasteiger partial charge in [-0.25, -0.2) is 8.42 Å². The summed E-state index contributed by atoms with van der Waals surface area (Å²) in [5.74, 6) is -2.81. The summed E-state index contributed by atoms with van der Waals surface area (Å²) in [5, 5.41) is 6.32. The van der Waals surface area contributed by atoms with Crippen molar-refractivity contribution in [3.8, 4) is 0 Å². The second-order valence-corrected chi connectivity index (χ2v) is 6.77. The van der Waals surface area contributed by atoms with Crippen LogP contribution >= 0.6 is 0 Å². The molecule has 1 unspecified atom stereocenters. The number of unbranched alkanes of at least 4 members (excludes halogenated alkanes) is 7. The summed E-state index contributed by atoms with van der Waals surface area (Å²) in [6.07, 6.45) is 7.61. The van der Waals surface area contributed by atoms with Crippen LogP contribution in [0.1, 0.15) is 64.7 Å². The van der Waals surface area contributed by atoms with E-state index >= 15 is 0 Å². The smallest absolute Gasteiger partial charge is 0.747 e. The zero-order chi connectivity index (χ0) is 17.0. The molecule has 0 aliphatic heterocycles. The fraction of sp³-hybridized carbons (Fsp3) is 0.857. The summed E-state index contributed by atoms with van der Waals surface area (Å²) >= 11 is 0. The van der Waals surface area contributed by atoms with Crippen molar-refractivity contribution >= 4 is 22.1 Å². The van der Waals surface area contributed by atoms with E-state index in [1.807, 2.05) is 0 Å². The van der Waals surface area contributed by atoms with Crippen LogP contribution in [0.5, 0.6) is 0 Å². The third-order valence-corrected chi connectivity index (χ3v) is 4.30. The number of aliphatic carboxylic acids is 1. The minimum atomic E-state index is -5.06. The van der Waals surface area contributed by atoms with Crippen LogP contribution < -0.4 is 29.6 Å². The predicted octanol–water partition coefficient (Wildman–Crippen LogP) is -0.937. The van der Waals surface area contributed by atoms with E-state index in [0.717, 1.165) is 19.3 Å². The zero-order valence-corrected chi connectivity index (χ0v) is 16.8. The molecule has 0 aromatic heterocycles. The van der Waals surface area contributed by atoms with Crippen LogP contribution in [-0.4, -0.2) is 41.9 Å². The molecule has 23 heavy (non-hydrogen) atoms. The van der Waals surface area contributed by atoms with Gasteiger partial charge in [0.05, 0.1) is 13.0 Å². The average molecular weight is 360 g/mol. The van der Waals surface area contributed by atoms with E-state index in [-0.39, 0.29) is 36.2 Å². The van der Waals surface area contributed by atoms with Crippen molar-refractivity contribution in [1.29, 1.82) is 0 Å². The number of hydrogen-bond donors (Lipinski definition) is 1. The molecule has 0 rings (SSSR count). The normalized spacial score (nSPS) is 12.3. The first-order valence-corrected chi connectivity index (χ1v) is 9.09. The number of carbonyl (C=O) groups excluding carboxylic acids is 1. The van der Waals surface area contributed by atoms with E-state index in [0.29, 0.717) is 6.42 Å². The van der Waals surface area contributed by atoms with E-state index in [4.69, 9.17) is 9.84 Å². The molecule has 0 bridgehead atoms. The molecule has 0 aromatic rings. The van der Waals surface area contributed by atoms with Crippen molar-refractivity contribution in [2.24, 2.45) is 0 Å². The molecule has 0 saturated heterocycles. The maximum absolute atomic E-state index is 11.3. The molecule has 0 aromatic carbocycles. The summed E-state index contributed by atoms with van der Waals surface area (Å²) in [4.78, 5) is 21.9. The Morgan fingerprint density at radius 2 is 1.52 bits per heavy atom. The molecule has 0 saturated carbocycles. The van der Waals surface area contributed by atoms with Gasteiger partial charge in [0.25, 0.3) is 0 Å². The summed E-state index contributed by atoms with van der Waals surface area (Å²) in [6, 6.07) is 0. The van der Waals surface area contributed by atoms with Crippen LogP contribution in [0.25, 0.3) is 0 Å². The van der Waals surface area contributed by atoms with Gasteiger partial charge in [0.15, 0.2) is 5.25 Å². The fourth-order valence-electron chi connectivity index (χ4n) is 1.95. The number of rotatable bonds is 13. The standard InChI is InChI=1S/C14H26O7S.Na/c1-2-3-4-5-6-7-8-9-10-21-13(15)11-12(14(16)17)22(18,19)20;/h12H,2-11H2,1H3,(H,16,17)(H,18,19,20);/q;+1/p-1. The first kappa shape index (κ1) is 25.1. The van der Waals surface area contributed by atoms with Gasteiger partial charge in [0.1, 0.15) is 10.1 Å². The first-order valence-electron chi connectivity index (χ1n) is 7.62. The van der Waals surface area contributed by atoms with E-state index in [9.17, 15) is 22.6 Å². The number of carboxylic acid groups (broad SMARTS) is 1. The van der Waals surface area contributed by atoms with Gasteiger partial charge in [-0.1, -0.05) is 51.9 Å². The second-order valence-electron chi connectivity index (χ2n) is 5.22. The average Bonchev–Trinajstić information content (AvgIpc) is 2.41. The third kappa shape index (κ3) is 13.9. The fourth-order valence-corrected chi connectivity index (χ4v) is 2.53. The van der Waals surface area contributed by atoms with E-state index in [1.165, 1.54) is 25.7 Å². The van der Waals surface area contributed by atoms with Crippen molar-refractivity contribution in [2.75, 3.05) is 6.61 Å². The molecule has 1 atom stereocenters. The third-order valence-electron chi connectivity index (χ3n) is 3.24. The predicted molar refractivity (Wildman–Crippen MR) is 79.3 cm³/mol. The number of ether oxygens (including phenoxy) is 1. The van der Waals surface area contributed by atoms with Crippen molar-refractivity contribution in [3.63, 3.8) is 0 Å². The molecule has 0 radical (unpaired) electrons. The summed E-state index contributed by atoms with van der Waals surface area (Å²) in [7, 11) is -5.06. The molecule has 0 heterocycles. The Kier molecular flexibility index (Phi) is 15.5. The molecule has 130 valence electrons. The zero-order valence-electron chi connectivity index (χ0n) is 14.0. The molecular weight excluding hydrogens is 335 g/mol. The maximum atomic E-state index is 11.3. The number of hydrogen-bond acceptors (Lipinski definition) is 6. The maximum Gasteiger partial charge on any atom is 1.00 e. The monoisotopic (exact) mass is 360 g/mol. The Balaban J connectivity index is 0. The summed E-state index contributed by atoms with van der Waals surface area (Å²) < 4.78 is 36.8. The minimum Gasteiger partial charge on any atom is -0.747 e. The Bertz CT molecular complexity index is 436. The van der Waals surface area contributed by atoms with Gasteiger partial charge in [-0.2, -0.15) is 0 Å². The van der Waals surface area contributed by atoms with E-state index in [1.54, 1.807) is 0 Å². The molecule has 0 aliphatic rings. The largest absolute Gasteiger partial charge is 1.00 e. The first-order chi connectivity index (χ1) is 10.3. The van der Waals surface area contributed by atoms with E-state index in [2.05, 4.69) is 6.92 Å². The van der Waals surface area contributed by atoms with Crippen molar-refractivity contribution in [3.05, 3.63) is 0 Å². The Labute approximate surface area is 160 Å². The molecule has 0 aliphatic carbocycles. The number of carbonyl (C=O) groups is 2. The molecule has 1 N–H and O–H groups in total. The molecular formula is C14H25NaO7S. The van der Waals surface area contributed by atoms with Gasteiger partial charge < -0.3 is 14.4 Å². The van der Waals surface area contributed by atoms with Gasteiger partial charge in [0.2, 0.25) is 0 Å². The summed E-state index contributed by atoms with van der Waals surface area (Å²) in [5.41, 5.74) is 0. The van der Waals surface area contributed by atoms with Gasteiger partial charge in [-0.15, -0.1) is 0 Å². The molecule has 9 heteroatoms. The molecule has 0 spiro atoms. The molecule has 0 fully saturated rings. The Morgan fingerprint density at radius 3 is 1.96 bits per heavy atom. The molecule has 0 amide bonds. The van der Waals surface area contributed by atoms with Crippen LogP contribution in [0.15, 0.2) is 0 Å². The van der Waals surface area contributed by atoms with Gasteiger partial charge in [0, 0.05) is 0 Å². The van der Waals surface area contributed by atoms with Crippen molar-refractivity contribution in [1.82, 2.24) is 0 Å². The number of esters is 1. The van der Waals surface area contributed by atoms with Gasteiger partial charge in [-0.3, -0.25) is 9.59 Å². The Morgan fingerprint density at radius 1 is 1.04 bits per heavy atom.